The number of hydrogen-bond acceptors (Lipinski definition) is 6. The SMILES string of the molecule is OC[C@@H](O)[C@@H](O)[C@H](O)[C@](O)(F)C(O)=Cc1ccccc1. The topological polar surface area (TPSA) is 121 Å². The second kappa shape index (κ2) is 6.78. The van der Waals surface area contributed by atoms with Crippen molar-refractivity contribution in [2.75, 3.05) is 6.61 Å². The molecule has 0 heterocycles. The van der Waals surface area contributed by atoms with E-state index in [-0.39, 0.29) is 0 Å². The molecule has 0 aliphatic rings. The lowest BCUT2D eigenvalue weighted by atomic mass is 9.99. The summed E-state index contributed by atoms with van der Waals surface area (Å²) in [5.41, 5.74) is 0.352. The lowest BCUT2D eigenvalue weighted by molar-refractivity contribution is -0.208. The Morgan fingerprint density at radius 3 is 2.25 bits per heavy atom. The first-order valence-electron chi connectivity index (χ1n) is 5.83. The van der Waals surface area contributed by atoms with Crippen molar-refractivity contribution in [2.24, 2.45) is 0 Å². The number of aliphatic hydroxyl groups is 6. The third kappa shape index (κ3) is 3.75. The maximum Gasteiger partial charge on any atom is 0.293 e. The predicted molar refractivity (Wildman–Crippen MR) is 68.2 cm³/mol. The molecular weight excluding hydrogens is 271 g/mol. The van der Waals surface area contributed by atoms with Gasteiger partial charge < -0.3 is 30.6 Å². The van der Waals surface area contributed by atoms with Crippen molar-refractivity contribution in [2.45, 2.75) is 24.2 Å². The van der Waals surface area contributed by atoms with Gasteiger partial charge in [-0.15, -0.1) is 0 Å². The van der Waals surface area contributed by atoms with Gasteiger partial charge in [0.15, 0.2) is 5.76 Å². The van der Waals surface area contributed by atoms with E-state index in [0.29, 0.717) is 5.56 Å². The molecule has 0 aliphatic heterocycles. The van der Waals surface area contributed by atoms with Crippen LogP contribution in [-0.4, -0.2) is 61.4 Å². The number of aliphatic hydroxyl groups excluding tert-OH is 5. The Kier molecular flexibility index (Phi) is 5.61. The second-order valence-corrected chi connectivity index (χ2v) is 4.30. The largest absolute Gasteiger partial charge is 0.506 e. The first-order valence-corrected chi connectivity index (χ1v) is 5.83. The van der Waals surface area contributed by atoms with Crippen LogP contribution in [0.1, 0.15) is 5.56 Å². The summed E-state index contributed by atoms with van der Waals surface area (Å²) < 4.78 is 13.9. The fourth-order valence-electron chi connectivity index (χ4n) is 1.50. The number of hydrogen-bond donors (Lipinski definition) is 6. The van der Waals surface area contributed by atoms with Crippen LogP contribution in [0.5, 0.6) is 0 Å². The van der Waals surface area contributed by atoms with Crippen LogP contribution in [0.2, 0.25) is 0 Å². The van der Waals surface area contributed by atoms with Gasteiger partial charge in [0, 0.05) is 0 Å². The van der Waals surface area contributed by atoms with E-state index in [4.69, 9.17) is 10.2 Å². The van der Waals surface area contributed by atoms with Crippen molar-refractivity contribution >= 4 is 6.08 Å². The van der Waals surface area contributed by atoms with Gasteiger partial charge in [0.1, 0.15) is 18.3 Å². The molecule has 7 heteroatoms. The summed E-state index contributed by atoms with van der Waals surface area (Å²) >= 11 is 0. The van der Waals surface area contributed by atoms with Crippen LogP contribution >= 0.6 is 0 Å². The Bertz CT molecular complexity index is 447. The van der Waals surface area contributed by atoms with Crippen LogP contribution < -0.4 is 0 Å². The van der Waals surface area contributed by atoms with Crippen molar-refractivity contribution in [3.63, 3.8) is 0 Å². The fraction of sp³-hybridized carbons (Fsp3) is 0.385. The summed E-state index contributed by atoms with van der Waals surface area (Å²) in [7, 11) is 0. The second-order valence-electron chi connectivity index (χ2n) is 4.30. The minimum absolute atomic E-state index is 0.352. The highest BCUT2D eigenvalue weighted by Crippen LogP contribution is 2.26. The van der Waals surface area contributed by atoms with E-state index in [1.165, 1.54) is 12.1 Å². The standard InChI is InChI=1S/C13H17FO6/c14-13(20,12(19)11(18)9(16)7-15)10(17)6-8-4-2-1-3-5-8/h1-6,9,11-12,15-20H,7H2/t9-,11-,12+,13+/m1/s1. The van der Waals surface area contributed by atoms with E-state index in [1.807, 2.05) is 0 Å². The lowest BCUT2D eigenvalue weighted by Crippen LogP contribution is -2.52. The van der Waals surface area contributed by atoms with Gasteiger partial charge in [0.2, 0.25) is 0 Å². The van der Waals surface area contributed by atoms with E-state index in [0.717, 1.165) is 6.08 Å². The molecule has 1 aromatic carbocycles. The van der Waals surface area contributed by atoms with Crippen LogP contribution in [0.4, 0.5) is 4.39 Å². The molecule has 0 aromatic heterocycles. The zero-order chi connectivity index (χ0) is 15.3. The minimum Gasteiger partial charge on any atom is -0.506 e. The summed E-state index contributed by atoms with van der Waals surface area (Å²) in [4.78, 5) is 0. The molecule has 6 N–H and O–H groups in total. The molecule has 0 aliphatic carbocycles. The molecule has 0 fully saturated rings. The van der Waals surface area contributed by atoms with Crippen molar-refractivity contribution in [1.29, 1.82) is 0 Å². The van der Waals surface area contributed by atoms with E-state index in [2.05, 4.69) is 0 Å². The first kappa shape index (κ1) is 16.5. The molecule has 0 radical (unpaired) electrons. The molecule has 112 valence electrons. The van der Waals surface area contributed by atoms with Gasteiger partial charge >= 0.3 is 0 Å². The van der Waals surface area contributed by atoms with Gasteiger partial charge in [0.25, 0.3) is 5.85 Å². The molecule has 20 heavy (non-hydrogen) atoms. The van der Waals surface area contributed by atoms with Crippen molar-refractivity contribution in [3.05, 3.63) is 41.7 Å². The lowest BCUT2D eigenvalue weighted by Gasteiger charge is -2.29. The molecule has 6 nitrogen and oxygen atoms in total. The van der Waals surface area contributed by atoms with Crippen LogP contribution in [0.25, 0.3) is 6.08 Å². The molecule has 0 spiro atoms. The van der Waals surface area contributed by atoms with E-state index in [1.54, 1.807) is 18.2 Å². The maximum absolute atomic E-state index is 13.9. The average Bonchev–Trinajstić information content (AvgIpc) is 2.45. The van der Waals surface area contributed by atoms with Gasteiger partial charge in [-0.3, -0.25) is 0 Å². The highest BCUT2D eigenvalue weighted by atomic mass is 19.2. The van der Waals surface area contributed by atoms with E-state index >= 15 is 0 Å². The summed E-state index contributed by atoms with van der Waals surface area (Å²) in [5.74, 6) is -4.91. The smallest absolute Gasteiger partial charge is 0.293 e. The van der Waals surface area contributed by atoms with Gasteiger partial charge in [-0.05, 0) is 11.6 Å². The summed E-state index contributed by atoms with van der Waals surface area (Å²) in [6, 6.07) is 7.93. The number of halogens is 1. The van der Waals surface area contributed by atoms with Crippen LogP contribution in [0.15, 0.2) is 36.1 Å². The van der Waals surface area contributed by atoms with Crippen molar-refractivity contribution in [3.8, 4) is 0 Å². The van der Waals surface area contributed by atoms with Gasteiger partial charge in [-0.1, -0.05) is 30.3 Å². The maximum atomic E-state index is 13.9. The Hall–Kier alpha value is -1.51. The molecule has 0 amide bonds. The molecule has 1 rings (SSSR count). The molecule has 0 bridgehead atoms. The summed E-state index contributed by atoms with van der Waals surface area (Å²) in [6.45, 7) is -0.947. The number of alkyl halides is 1. The Labute approximate surface area is 114 Å². The normalized spacial score (nSPS) is 20.0. The quantitative estimate of drug-likeness (QED) is 0.386. The van der Waals surface area contributed by atoms with E-state index < -0.39 is 36.5 Å². The third-order valence-corrected chi connectivity index (χ3v) is 2.76. The van der Waals surface area contributed by atoms with E-state index in [9.17, 15) is 24.8 Å². The summed E-state index contributed by atoms with van der Waals surface area (Å²) in [6.07, 6.45) is -5.72. The van der Waals surface area contributed by atoms with Gasteiger partial charge in [-0.25, -0.2) is 4.39 Å². The fourth-order valence-corrected chi connectivity index (χ4v) is 1.50. The highest BCUT2D eigenvalue weighted by molar-refractivity contribution is 5.52. The number of rotatable bonds is 6. The Balaban J connectivity index is 2.94. The van der Waals surface area contributed by atoms with Crippen LogP contribution in [0, 0.1) is 0 Å². The first-order chi connectivity index (χ1) is 9.30. The predicted octanol–water partition coefficient (Wildman–Crippen LogP) is -0.681. The minimum atomic E-state index is -3.68. The zero-order valence-electron chi connectivity index (χ0n) is 10.5. The number of benzene rings is 1. The monoisotopic (exact) mass is 288 g/mol. The van der Waals surface area contributed by atoms with Crippen molar-refractivity contribution in [1.82, 2.24) is 0 Å². The van der Waals surface area contributed by atoms with Crippen molar-refractivity contribution < 1.29 is 35.0 Å². The zero-order valence-corrected chi connectivity index (χ0v) is 10.5. The molecule has 1 aromatic rings. The third-order valence-electron chi connectivity index (χ3n) is 2.76. The molecule has 4 atom stereocenters. The molecule has 0 saturated carbocycles. The molecular formula is C13H17FO6. The highest BCUT2D eigenvalue weighted by Gasteiger charge is 2.46. The van der Waals surface area contributed by atoms with Gasteiger partial charge in [0.05, 0.1) is 6.61 Å². The summed E-state index contributed by atoms with van der Waals surface area (Å²) in [5, 5.41) is 55.4. The molecule has 0 saturated heterocycles. The van der Waals surface area contributed by atoms with Crippen LogP contribution in [-0.2, 0) is 0 Å². The Morgan fingerprint density at radius 2 is 1.75 bits per heavy atom. The molecule has 0 unspecified atom stereocenters. The average molecular weight is 288 g/mol. The van der Waals surface area contributed by atoms with Crippen LogP contribution in [0.3, 0.4) is 0 Å². The Morgan fingerprint density at radius 1 is 1.20 bits per heavy atom. The van der Waals surface area contributed by atoms with Gasteiger partial charge in [-0.2, -0.15) is 0 Å².